The van der Waals surface area contributed by atoms with E-state index in [0.717, 1.165) is 18.9 Å². The molecule has 2 nitrogen and oxygen atoms in total. The Morgan fingerprint density at radius 2 is 1.64 bits per heavy atom. The van der Waals surface area contributed by atoms with Crippen LogP contribution in [0.15, 0.2) is 48.5 Å². The van der Waals surface area contributed by atoms with E-state index in [-0.39, 0.29) is 11.7 Å². The number of piperidine rings is 1. The van der Waals surface area contributed by atoms with Crippen LogP contribution in [0.3, 0.4) is 0 Å². The molecular formula is C20H20F3NO. The standard InChI is InChI=1S/C20H20F3NO/c21-20(22,23)19-7-2-1-6-18(19)13-4-3-5-16(10-13)25-17-11-14-8-9-15(12-17)24-14/h1-7,10,14-15,17,24H,8-9,11-12H2/t14-,15+,17?. The van der Waals surface area contributed by atoms with E-state index in [1.165, 1.54) is 25.0 Å². The minimum absolute atomic E-state index is 0.131. The maximum absolute atomic E-state index is 13.3. The number of halogens is 3. The van der Waals surface area contributed by atoms with Gasteiger partial charge in [-0.2, -0.15) is 13.2 Å². The van der Waals surface area contributed by atoms with Crippen molar-refractivity contribution in [2.24, 2.45) is 0 Å². The largest absolute Gasteiger partial charge is 0.490 e. The van der Waals surface area contributed by atoms with E-state index in [2.05, 4.69) is 5.32 Å². The van der Waals surface area contributed by atoms with Crippen molar-refractivity contribution in [3.63, 3.8) is 0 Å². The fraction of sp³-hybridized carbons (Fsp3) is 0.400. The molecule has 2 aromatic rings. The van der Waals surface area contributed by atoms with Gasteiger partial charge < -0.3 is 10.1 Å². The number of alkyl halides is 3. The lowest BCUT2D eigenvalue weighted by Gasteiger charge is -2.29. The van der Waals surface area contributed by atoms with E-state index >= 15 is 0 Å². The van der Waals surface area contributed by atoms with Crippen molar-refractivity contribution in [2.45, 2.75) is 50.0 Å². The van der Waals surface area contributed by atoms with E-state index in [4.69, 9.17) is 4.74 Å². The van der Waals surface area contributed by atoms with E-state index in [9.17, 15) is 13.2 Å². The summed E-state index contributed by atoms with van der Waals surface area (Å²) in [5.41, 5.74) is 0.0974. The summed E-state index contributed by atoms with van der Waals surface area (Å²) in [5.74, 6) is 0.640. The second-order valence-electron chi connectivity index (χ2n) is 6.92. The van der Waals surface area contributed by atoms with Crippen LogP contribution in [-0.2, 0) is 6.18 Å². The molecule has 132 valence electrons. The van der Waals surface area contributed by atoms with Crippen molar-refractivity contribution in [2.75, 3.05) is 0 Å². The van der Waals surface area contributed by atoms with Gasteiger partial charge in [0, 0.05) is 12.1 Å². The highest BCUT2D eigenvalue weighted by Crippen LogP contribution is 2.38. The first-order chi connectivity index (χ1) is 12.0. The molecule has 0 saturated carbocycles. The van der Waals surface area contributed by atoms with Crippen LogP contribution in [0, 0.1) is 0 Å². The summed E-state index contributed by atoms with van der Waals surface area (Å²) in [4.78, 5) is 0. The maximum Gasteiger partial charge on any atom is 0.417 e. The van der Waals surface area contributed by atoms with Gasteiger partial charge >= 0.3 is 6.18 Å². The fourth-order valence-electron chi connectivity index (χ4n) is 4.01. The van der Waals surface area contributed by atoms with Crippen LogP contribution in [0.25, 0.3) is 11.1 Å². The van der Waals surface area contributed by atoms with Crippen LogP contribution >= 0.6 is 0 Å². The Morgan fingerprint density at radius 3 is 2.36 bits per heavy atom. The van der Waals surface area contributed by atoms with Gasteiger partial charge in [0.25, 0.3) is 0 Å². The summed E-state index contributed by atoms with van der Waals surface area (Å²) in [6, 6.07) is 13.7. The Labute approximate surface area is 145 Å². The fourth-order valence-corrected chi connectivity index (χ4v) is 4.01. The van der Waals surface area contributed by atoms with Crippen molar-refractivity contribution in [1.82, 2.24) is 5.32 Å². The molecule has 0 radical (unpaired) electrons. The van der Waals surface area contributed by atoms with Crippen molar-refractivity contribution < 1.29 is 17.9 Å². The molecular weight excluding hydrogens is 327 g/mol. The van der Waals surface area contributed by atoms with Crippen LogP contribution in [0.2, 0.25) is 0 Å². The molecule has 1 N–H and O–H groups in total. The van der Waals surface area contributed by atoms with Crippen LogP contribution in [0.5, 0.6) is 5.75 Å². The Balaban J connectivity index is 1.58. The molecule has 2 bridgehead atoms. The van der Waals surface area contributed by atoms with Gasteiger partial charge in [0.1, 0.15) is 11.9 Å². The zero-order valence-electron chi connectivity index (χ0n) is 13.7. The van der Waals surface area contributed by atoms with Gasteiger partial charge in [-0.15, -0.1) is 0 Å². The molecule has 0 aromatic heterocycles. The van der Waals surface area contributed by atoms with E-state index < -0.39 is 11.7 Å². The predicted molar refractivity (Wildman–Crippen MR) is 90.5 cm³/mol. The molecule has 2 aliphatic rings. The monoisotopic (exact) mass is 347 g/mol. The molecule has 2 aromatic carbocycles. The van der Waals surface area contributed by atoms with E-state index in [1.54, 1.807) is 24.3 Å². The first-order valence-electron chi connectivity index (χ1n) is 8.68. The van der Waals surface area contributed by atoms with Gasteiger partial charge in [-0.25, -0.2) is 0 Å². The van der Waals surface area contributed by atoms with Gasteiger partial charge in [0.2, 0.25) is 0 Å². The molecule has 2 heterocycles. The first-order valence-corrected chi connectivity index (χ1v) is 8.68. The first kappa shape index (κ1) is 16.5. The number of fused-ring (bicyclic) bond motifs is 2. The molecule has 0 aliphatic carbocycles. The zero-order valence-corrected chi connectivity index (χ0v) is 13.7. The Morgan fingerprint density at radius 1 is 0.920 bits per heavy atom. The molecule has 1 unspecified atom stereocenters. The van der Waals surface area contributed by atoms with Crippen molar-refractivity contribution in [3.8, 4) is 16.9 Å². The second-order valence-corrected chi connectivity index (χ2v) is 6.92. The average Bonchev–Trinajstić information content (AvgIpc) is 2.93. The van der Waals surface area contributed by atoms with Gasteiger partial charge in [-0.3, -0.25) is 0 Å². The third-order valence-electron chi connectivity index (χ3n) is 5.11. The molecule has 2 saturated heterocycles. The average molecular weight is 347 g/mol. The quantitative estimate of drug-likeness (QED) is 0.840. The van der Waals surface area contributed by atoms with Crippen LogP contribution in [-0.4, -0.2) is 18.2 Å². The molecule has 2 fully saturated rings. The van der Waals surface area contributed by atoms with Crippen LogP contribution < -0.4 is 10.1 Å². The van der Waals surface area contributed by atoms with Crippen molar-refractivity contribution in [3.05, 3.63) is 54.1 Å². The summed E-state index contributed by atoms with van der Waals surface area (Å²) in [6.45, 7) is 0. The lowest BCUT2D eigenvalue weighted by Crippen LogP contribution is -2.42. The predicted octanol–water partition coefficient (Wildman–Crippen LogP) is 5.03. The van der Waals surface area contributed by atoms with Crippen molar-refractivity contribution >= 4 is 0 Å². The molecule has 0 amide bonds. The normalized spacial score (nSPS) is 25.8. The second kappa shape index (κ2) is 6.37. The molecule has 4 rings (SSSR count). The number of hydrogen-bond donors (Lipinski definition) is 1. The van der Waals surface area contributed by atoms with Crippen LogP contribution in [0.4, 0.5) is 13.2 Å². The van der Waals surface area contributed by atoms with Gasteiger partial charge in [-0.1, -0.05) is 30.3 Å². The maximum atomic E-state index is 13.3. The lowest BCUT2D eigenvalue weighted by atomic mass is 9.99. The summed E-state index contributed by atoms with van der Waals surface area (Å²) >= 11 is 0. The van der Waals surface area contributed by atoms with Crippen LogP contribution in [0.1, 0.15) is 31.2 Å². The zero-order chi connectivity index (χ0) is 17.4. The van der Waals surface area contributed by atoms with E-state index in [0.29, 0.717) is 23.4 Å². The smallest absolute Gasteiger partial charge is 0.417 e. The molecule has 3 atom stereocenters. The molecule has 5 heteroatoms. The molecule has 25 heavy (non-hydrogen) atoms. The van der Waals surface area contributed by atoms with E-state index in [1.807, 2.05) is 6.07 Å². The van der Waals surface area contributed by atoms with Crippen molar-refractivity contribution in [1.29, 1.82) is 0 Å². The highest BCUT2D eigenvalue weighted by atomic mass is 19.4. The summed E-state index contributed by atoms with van der Waals surface area (Å²) in [6.07, 6.45) is 0.0425. The third kappa shape index (κ3) is 3.52. The number of hydrogen-bond acceptors (Lipinski definition) is 2. The Kier molecular flexibility index (Phi) is 4.20. The number of ether oxygens (including phenoxy) is 1. The summed E-state index contributed by atoms with van der Waals surface area (Å²) < 4.78 is 45.9. The van der Waals surface area contributed by atoms with Gasteiger partial charge in [-0.05, 0) is 55.0 Å². The number of rotatable bonds is 3. The third-order valence-corrected chi connectivity index (χ3v) is 5.11. The van der Waals surface area contributed by atoms with Gasteiger partial charge in [0.15, 0.2) is 0 Å². The number of benzene rings is 2. The highest BCUT2D eigenvalue weighted by Gasteiger charge is 2.35. The highest BCUT2D eigenvalue weighted by molar-refractivity contribution is 5.69. The topological polar surface area (TPSA) is 21.3 Å². The number of nitrogens with one attached hydrogen (secondary N) is 1. The molecule has 2 aliphatic heterocycles. The minimum Gasteiger partial charge on any atom is -0.490 e. The SMILES string of the molecule is FC(F)(F)c1ccccc1-c1cccc(OC2C[C@H]3CC[C@@H](C2)N3)c1. The van der Waals surface area contributed by atoms with Gasteiger partial charge in [0.05, 0.1) is 5.56 Å². The summed E-state index contributed by atoms with van der Waals surface area (Å²) in [7, 11) is 0. The lowest BCUT2D eigenvalue weighted by molar-refractivity contribution is -0.137. The molecule has 0 spiro atoms. The Hall–Kier alpha value is -2.01. The Bertz CT molecular complexity index is 747. The minimum atomic E-state index is -4.37. The summed E-state index contributed by atoms with van der Waals surface area (Å²) in [5, 5.41) is 3.56.